The molecule has 4 nitrogen and oxygen atoms in total. The second kappa shape index (κ2) is 5.04. The molecule has 2 aromatic rings. The fraction of sp³-hybridized carbons (Fsp3) is 0.286. The van der Waals surface area contributed by atoms with Crippen LogP contribution in [-0.2, 0) is 6.42 Å². The average Bonchev–Trinajstić information content (AvgIpc) is 2.34. The molecule has 3 N–H and O–H groups in total. The van der Waals surface area contributed by atoms with Crippen molar-refractivity contribution in [3.63, 3.8) is 0 Å². The van der Waals surface area contributed by atoms with Crippen LogP contribution in [0, 0.1) is 13.8 Å². The van der Waals surface area contributed by atoms with Crippen LogP contribution < -0.4 is 11.1 Å². The normalized spacial score (nSPS) is 10.4. The molecule has 0 fully saturated rings. The molecule has 0 saturated carbocycles. The van der Waals surface area contributed by atoms with E-state index in [1.165, 1.54) is 5.56 Å². The highest BCUT2D eigenvalue weighted by molar-refractivity contribution is 5.64. The number of hydrogen-bond donors (Lipinski definition) is 2. The molecule has 4 heteroatoms. The maximum atomic E-state index is 5.89. The summed E-state index contributed by atoms with van der Waals surface area (Å²) in [6.45, 7) is 6.00. The van der Waals surface area contributed by atoms with Crippen LogP contribution in [0.25, 0.3) is 0 Å². The molecule has 1 aromatic heterocycles. The van der Waals surface area contributed by atoms with E-state index in [0.717, 1.165) is 29.3 Å². The summed E-state index contributed by atoms with van der Waals surface area (Å²) in [5.74, 6) is 2.08. The van der Waals surface area contributed by atoms with Crippen LogP contribution in [0.3, 0.4) is 0 Å². The Labute approximate surface area is 107 Å². The van der Waals surface area contributed by atoms with Crippen molar-refractivity contribution in [1.29, 1.82) is 0 Å². The van der Waals surface area contributed by atoms with Crippen molar-refractivity contribution in [3.05, 3.63) is 41.2 Å². The van der Waals surface area contributed by atoms with Gasteiger partial charge < -0.3 is 11.1 Å². The fourth-order valence-corrected chi connectivity index (χ4v) is 1.72. The highest BCUT2D eigenvalue weighted by atomic mass is 15.1. The molecule has 2 rings (SSSR count). The molecule has 0 aliphatic heterocycles. The van der Waals surface area contributed by atoms with Gasteiger partial charge >= 0.3 is 0 Å². The molecule has 94 valence electrons. The van der Waals surface area contributed by atoms with Crippen molar-refractivity contribution in [2.24, 2.45) is 0 Å². The highest BCUT2D eigenvalue weighted by Crippen LogP contribution is 2.22. The molecule has 0 aliphatic rings. The van der Waals surface area contributed by atoms with Gasteiger partial charge in [0.1, 0.15) is 17.5 Å². The Balaban J connectivity index is 2.36. The third kappa shape index (κ3) is 2.59. The largest absolute Gasteiger partial charge is 0.383 e. The van der Waals surface area contributed by atoms with Gasteiger partial charge in [0.05, 0.1) is 0 Å². The van der Waals surface area contributed by atoms with Gasteiger partial charge in [0, 0.05) is 17.7 Å². The lowest BCUT2D eigenvalue weighted by molar-refractivity contribution is 0.940. The van der Waals surface area contributed by atoms with E-state index in [2.05, 4.69) is 34.3 Å². The molecular weight excluding hydrogens is 224 g/mol. The zero-order valence-electron chi connectivity index (χ0n) is 11.0. The molecule has 0 bridgehead atoms. The van der Waals surface area contributed by atoms with Gasteiger partial charge in [0.2, 0.25) is 0 Å². The second-order valence-electron chi connectivity index (χ2n) is 4.35. The van der Waals surface area contributed by atoms with E-state index in [1.807, 2.05) is 26.0 Å². The quantitative estimate of drug-likeness (QED) is 0.868. The lowest BCUT2D eigenvalue weighted by Gasteiger charge is -2.11. The van der Waals surface area contributed by atoms with Gasteiger partial charge in [0.15, 0.2) is 0 Å². The van der Waals surface area contributed by atoms with Crippen LogP contribution in [0.4, 0.5) is 17.3 Å². The molecular formula is C14H18N4. The van der Waals surface area contributed by atoms with Crippen LogP contribution in [0.1, 0.15) is 23.9 Å². The number of nitrogens with two attached hydrogens (primary N) is 1. The molecule has 0 aliphatic carbocycles. The third-order valence-electron chi connectivity index (χ3n) is 2.83. The van der Waals surface area contributed by atoms with Gasteiger partial charge in [-0.3, -0.25) is 0 Å². The predicted octanol–water partition coefficient (Wildman–Crippen LogP) is 2.98. The van der Waals surface area contributed by atoms with Crippen LogP contribution in [-0.4, -0.2) is 9.97 Å². The minimum absolute atomic E-state index is 0.539. The number of hydrogen-bond acceptors (Lipinski definition) is 4. The van der Waals surface area contributed by atoms with Crippen LogP contribution in [0.15, 0.2) is 24.3 Å². The van der Waals surface area contributed by atoms with E-state index < -0.39 is 0 Å². The molecule has 0 unspecified atom stereocenters. The van der Waals surface area contributed by atoms with Crippen molar-refractivity contribution in [3.8, 4) is 0 Å². The zero-order valence-corrected chi connectivity index (χ0v) is 11.0. The number of benzene rings is 1. The van der Waals surface area contributed by atoms with Crippen molar-refractivity contribution in [1.82, 2.24) is 9.97 Å². The molecule has 0 amide bonds. The van der Waals surface area contributed by atoms with E-state index >= 15 is 0 Å². The Morgan fingerprint density at radius 3 is 2.67 bits per heavy atom. The highest BCUT2D eigenvalue weighted by Gasteiger charge is 2.08. The summed E-state index contributed by atoms with van der Waals surface area (Å²) >= 11 is 0. The molecule has 0 radical (unpaired) electrons. The molecule has 0 atom stereocenters. The monoisotopic (exact) mass is 242 g/mol. The minimum Gasteiger partial charge on any atom is -0.383 e. The Morgan fingerprint density at radius 1 is 1.22 bits per heavy atom. The smallest absolute Gasteiger partial charge is 0.139 e. The lowest BCUT2D eigenvalue weighted by atomic mass is 10.2. The van der Waals surface area contributed by atoms with E-state index in [9.17, 15) is 0 Å². The fourth-order valence-electron chi connectivity index (χ4n) is 1.72. The minimum atomic E-state index is 0.539. The standard InChI is InChI=1S/C14H18N4/c1-4-12-17-13(15)10(3)14(18-12)16-11-7-5-6-9(2)8-11/h5-8H,4H2,1-3H3,(H3,15,16,17,18). The first-order chi connectivity index (χ1) is 8.60. The maximum Gasteiger partial charge on any atom is 0.139 e. The average molecular weight is 242 g/mol. The van der Waals surface area contributed by atoms with Gasteiger partial charge in [-0.2, -0.15) is 0 Å². The van der Waals surface area contributed by atoms with Crippen molar-refractivity contribution < 1.29 is 0 Å². The molecule has 1 aromatic carbocycles. The van der Waals surface area contributed by atoms with Crippen molar-refractivity contribution in [2.45, 2.75) is 27.2 Å². The Bertz CT molecular complexity index is 564. The molecule has 0 spiro atoms. The summed E-state index contributed by atoms with van der Waals surface area (Å²) in [4.78, 5) is 8.71. The van der Waals surface area contributed by atoms with Crippen molar-refractivity contribution in [2.75, 3.05) is 11.1 Å². The van der Waals surface area contributed by atoms with Crippen LogP contribution >= 0.6 is 0 Å². The van der Waals surface area contributed by atoms with E-state index in [-0.39, 0.29) is 0 Å². The van der Waals surface area contributed by atoms with Gasteiger partial charge in [-0.05, 0) is 31.5 Å². The molecule has 0 saturated heterocycles. The Hall–Kier alpha value is -2.10. The van der Waals surface area contributed by atoms with Crippen LogP contribution in [0.2, 0.25) is 0 Å². The molecule has 1 heterocycles. The Morgan fingerprint density at radius 2 is 2.00 bits per heavy atom. The van der Waals surface area contributed by atoms with Gasteiger partial charge in [-0.25, -0.2) is 9.97 Å². The SMILES string of the molecule is CCc1nc(N)c(C)c(Nc2cccc(C)c2)n1. The second-order valence-corrected chi connectivity index (χ2v) is 4.35. The topological polar surface area (TPSA) is 63.8 Å². The first-order valence-electron chi connectivity index (χ1n) is 6.07. The van der Waals surface area contributed by atoms with E-state index in [0.29, 0.717) is 5.82 Å². The first kappa shape index (κ1) is 12.4. The number of nitrogens with one attached hydrogen (secondary N) is 1. The summed E-state index contributed by atoms with van der Waals surface area (Å²) in [6, 6.07) is 8.15. The van der Waals surface area contributed by atoms with E-state index in [1.54, 1.807) is 0 Å². The summed E-state index contributed by atoms with van der Waals surface area (Å²) in [5, 5.41) is 3.30. The number of rotatable bonds is 3. The van der Waals surface area contributed by atoms with Crippen LogP contribution in [0.5, 0.6) is 0 Å². The number of aromatic nitrogens is 2. The number of aryl methyl sites for hydroxylation is 2. The summed E-state index contributed by atoms with van der Waals surface area (Å²) in [7, 11) is 0. The van der Waals surface area contributed by atoms with E-state index in [4.69, 9.17) is 5.73 Å². The number of nitrogens with zero attached hydrogens (tertiary/aromatic N) is 2. The van der Waals surface area contributed by atoms with Gasteiger partial charge in [-0.1, -0.05) is 19.1 Å². The Kier molecular flexibility index (Phi) is 3.46. The summed E-state index contributed by atoms with van der Waals surface area (Å²) in [6.07, 6.45) is 0.771. The summed E-state index contributed by atoms with van der Waals surface area (Å²) in [5.41, 5.74) is 8.99. The summed E-state index contributed by atoms with van der Waals surface area (Å²) < 4.78 is 0. The maximum absolute atomic E-state index is 5.89. The lowest BCUT2D eigenvalue weighted by Crippen LogP contribution is -2.06. The predicted molar refractivity (Wildman–Crippen MR) is 75.0 cm³/mol. The number of nitrogen functional groups attached to an aromatic ring is 1. The van der Waals surface area contributed by atoms with Crippen molar-refractivity contribution >= 4 is 17.3 Å². The van der Waals surface area contributed by atoms with Gasteiger partial charge in [0.25, 0.3) is 0 Å². The first-order valence-corrected chi connectivity index (χ1v) is 6.07. The van der Waals surface area contributed by atoms with Gasteiger partial charge in [-0.15, -0.1) is 0 Å². The molecule has 18 heavy (non-hydrogen) atoms. The zero-order chi connectivity index (χ0) is 13.1. The number of anilines is 3. The third-order valence-corrected chi connectivity index (χ3v) is 2.83.